The summed E-state index contributed by atoms with van der Waals surface area (Å²) in [5.74, 6) is 2.58. The second kappa shape index (κ2) is 7.05. The predicted octanol–water partition coefficient (Wildman–Crippen LogP) is 4.71. The fourth-order valence-electron chi connectivity index (χ4n) is 3.88. The quantitative estimate of drug-likeness (QED) is 0.485. The van der Waals surface area contributed by atoms with E-state index in [2.05, 4.69) is 15.2 Å². The van der Waals surface area contributed by atoms with Crippen LogP contribution in [0.3, 0.4) is 0 Å². The summed E-state index contributed by atoms with van der Waals surface area (Å²) < 4.78 is 16.8. The molecule has 0 radical (unpaired) electrons. The summed E-state index contributed by atoms with van der Waals surface area (Å²) in [6.45, 7) is 2.30. The molecule has 0 bridgehead atoms. The average Bonchev–Trinajstić information content (AvgIpc) is 3.53. The molecule has 7 nitrogen and oxygen atoms in total. The number of rotatable bonds is 4. The number of aliphatic imine (C=N–C) groups is 1. The van der Waals surface area contributed by atoms with Crippen LogP contribution < -0.4 is 9.47 Å². The van der Waals surface area contributed by atoms with Gasteiger partial charge in [-0.25, -0.2) is 0 Å². The molecule has 0 atom stereocenters. The van der Waals surface area contributed by atoms with E-state index in [9.17, 15) is 0 Å². The highest BCUT2D eigenvalue weighted by atomic mass is 16.7. The van der Waals surface area contributed by atoms with Gasteiger partial charge in [0.2, 0.25) is 18.6 Å². The van der Waals surface area contributed by atoms with Crippen LogP contribution in [0.15, 0.2) is 64.1 Å². The fraction of sp³-hybridized carbons (Fsp3) is 0.167. The molecule has 0 amide bonds. The minimum absolute atomic E-state index is 0.251. The molecule has 0 N–H and O–H groups in total. The van der Waals surface area contributed by atoms with Crippen LogP contribution in [0.5, 0.6) is 11.5 Å². The topological polar surface area (TPSA) is 82.6 Å². The second-order valence-electron chi connectivity index (χ2n) is 7.62. The Kier molecular flexibility index (Phi) is 4.06. The molecule has 2 aromatic heterocycles. The van der Waals surface area contributed by atoms with Crippen molar-refractivity contribution in [2.24, 2.45) is 4.99 Å². The van der Waals surface area contributed by atoms with Crippen molar-refractivity contribution < 1.29 is 13.9 Å². The summed E-state index contributed by atoms with van der Waals surface area (Å²) in [6, 6.07) is 15.8. The van der Waals surface area contributed by atoms with Gasteiger partial charge in [0.15, 0.2) is 11.5 Å². The lowest BCUT2D eigenvalue weighted by molar-refractivity contribution is 0.174. The summed E-state index contributed by atoms with van der Waals surface area (Å²) in [5.41, 5.74) is 6.98. The average molecular weight is 410 g/mol. The van der Waals surface area contributed by atoms with Crippen molar-refractivity contribution in [1.29, 1.82) is 0 Å². The van der Waals surface area contributed by atoms with Crippen molar-refractivity contribution in [3.63, 3.8) is 0 Å². The molecule has 2 aliphatic heterocycles. The first-order chi connectivity index (χ1) is 15.2. The van der Waals surface area contributed by atoms with E-state index in [-0.39, 0.29) is 6.79 Å². The van der Waals surface area contributed by atoms with Gasteiger partial charge in [0.25, 0.3) is 0 Å². The Morgan fingerprint density at radius 1 is 0.903 bits per heavy atom. The third-order valence-corrected chi connectivity index (χ3v) is 5.46. The number of hydrogen-bond acceptors (Lipinski definition) is 7. The highest BCUT2D eigenvalue weighted by molar-refractivity contribution is 5.97. The van der Waals surface area contributed by atoms with E-state index in [1.807, 2.05) is 55.5 Å². The molecule has 0 unspecified atom stereocenters. The molecule has 0 saturated heterocycles. The summed E-state index contributed by atoms with van der Waals surface area (Å²) in [7, 11) is 0. The number of nitrogens with zero attached hydrogens (tertiary/aromatic N) is 4. The first-order valence-corrected chi connectivity index (χ1v) is 10.1. The van der Waals surface area contributed by atoms with Gasteiger partial charge < -0.3 is 13.9 Å². The van der Waals surface area contributed by atoms with Crippen LogP contribution in [0.4, 0.5) is 5.69 Å². The maximum atomic E-state index is 5.89. The van der Waals surface area contributed by atoms with Crippen LogP contribution in [-0.2, 0) is 12.8 Å². The number of hydrogen-bond donors (Lipinski definition) is 0. The van der Waals surface area contributed by atoms with Gasteiger partial charge in [-0.1, -0.05) is 17.7 Å². The molecule has 2 aliphatic rings. The molecule has 0 fully saturated rings. The molecule has 2 aromatic carbocycles. The molecule has 6 rings (SSSR count). The van der Waals surface area contributed by atoms with Crippen molar-refractivity contribution >= 4 is 11.4 Å². The summed E-state index contributed by atoms with van der Waals surface area (Å²) in [4.78, 5) is 9.41. The second-order valence-corrected chi connectivity index (χ2v) is 7.62. The lowest BCUT2D eigenvalue weighted by Crippen LogP contribution is -2.04. The monoisotopic (exact) mass is 410 g/mol. The molecule has 152 valence electrons. The molecule has 0 aliphatic carbocycles. The van der Waals surface area contributed by atoms with Crippen LogP contribution in [0.2, 0.25) is 0 Å². The molecule has 0 saturated carbocycles. The number of benzene rings is 2. The highest BCUT2D eigenvalue weighted by Crippen LogP contribution is 2.39. The standard InChI is InChI=1S/C24H18N4O3/c1-14-2-4-15(5-3-14)24-28-27-22(31-24)12-17-11-18-19(26-17)8-9-25-23(18)16-6-7-20-21(10-16)30-13-29-20/h2-10H,11-13H2,1H3. The van der Waals surface area contributed by atoms with Gasteiger partial charge in [-0.05, 0) is 43.3 Å². The van der Waals surface area contributed by atoms with Gasteiger partial charge in [0.05, 0.1) is 17.8 Å². The lowest BCUT2D eigenvalue weighted by Gasteiger charge is -2.07. The molecule has 4 heterocycles. The lowest BCUT2D eigenvalue weighted by atomic mass is 10.0. The fourth-order valence-corrected chi connectivity index (χ4v) is 3.88. The van der Waals surface area contributed by atoms with E-state index < -0.39 is 0 Å². The van der Waals surface area contributed by atoms with Gasteiger partial charge in [0, 0.05) is 35.0 Å². The predicted molar refractivity (Wildman–Crippen MR) is 115 cm³/mol. The SMILES string of the molecule is Cc1ccc(-c2nnc(CC3=Nc4ccnc(-c5ccc6c(c5)OCO6)c4C3)o2)cc1. The van der Waals surface area contributed by atoms with E-state index in [1.54, 1.807) is 6.20 Å². The van der Waals surface area contributed by atoms with Gasteiger partial charge in [-0.2, -0.15) is 0 Å². The minimum Gasteiger partial charge on any atom is -0.454 e. The van der Waals surface area contributed by atoms with Crippen molar-refractivity contribution in [3.05, 3.63) is 71.7 Å². The Morgan fingerprint density at radius 3 is 2.65 bits per heavy atom. The number of fused-ring (bicyclic) bond motifs is 2. The molecular formula is C24H18N4O3. The summed E-state index contributed by atoms with van der Waals surface area (Å²) in [5, 5.41) is 8.41. The smallest absolute Gasteiger partial charge is 0.247 e. The third-order valence-electron chi connectivity index (χ3n) is 5.46. The highest BCUT2D eigenvalue weighted by Gasteiger charge is 2.23. The van der Waals surface area contributed by atoms with Crippen LogP contribution in [-0.4, -0.2) is 27.7 Å². The first-order valence-electron chi connectivity index (χ1n) is 10.1. The Bertz CT molecular complexity index is 1330. The number of aromatic nitrogens is 3. The molecule has 0 spiro atoms. The summed E-state index contributed by atoms with van der Waals surface area (Å²) >= 11 is 0. The zero-order valence-electron chi connectivity index (χ0n) is 16.8. The molecular weight excluding hydrogens is 392 g/mol. The van der Waals surface area contributed by atoms with Crippen molar-refractivity contribution in [3.8, 4) is 34.2 Å². The van der Waals surface area contributed by atoms with Gasteiger partial charge in [-0.15, -0.1) is 10.2 Å². The Balaban J connectivity index is 1.24. The van der Waals surface area contributed by atoms with Gasteiger partial charge in [0.1, 0.15) is 0 Å². The maximum absolute atomic E-state index is 5.89. The van der Waals surface area contributed by atoms with E-state index >= 15 is 0 Å². The number of aryl methyl sites for hydroxylation is 1. The van der Waals surface area contributed by atoms with Crippen LogP contribution in [0.1, 0.15) is 17.0 Å². The molecule has 4 aromatic rings. The number of ether oxygens (including phenoxy) is 2. The van der Waals surface area contributed by atoms with Crippen molar-refractivity contribution in [2.75, 3.05) is 6.79 Å². The van der Waals surface area contributed by atoms with Crippen molar-refractivity contribution in [1.82, 2.24) is 15.2 Å². The maximum Gasteiger partial charge on any atom is 0.247 e. The Labute approximate surface area is 178 Å². The van der Waals surface area contributed by atoms with Gasteiger partial charge >= 0.3 is 0 Å². The van der Waals surface area contributed by atoms with Crippen molar-refractivity contribution in [2.45, 2.75) is 19.8 Å². The zero-order valence-corrected chi connectivity index (χ0v) is 16.8. The molecule has 31 heavy (non-hydrogen) atoms. The number of pyridine rings is 1. The van der Waals surface area contributed by atoms with Crippen LogP contribution >= 0.6 is 0 Å². The van der Waals surface area contributed by atoms with E-state index in [0.717, 1.165) is 45.3 Å². The molecule has 7 heteroatoms. The van der Waals surface area contributed by atoms with E-state index in [0.29, 0.717) is 24.6 Å². The normalized spacial score (nSPS) is 13.9. The third kappa shape index (κ3) is 3.24. The summed E-state index contributed by atoms with van der Waals surface area (Å²) in [6.07, 6.45) is 2.98. The zero-order chi connectivity index (χ0) is 20.8. The minimum atomic E-state index is 0.251. The largest absolute Gasteiger partial charge is 0.454 e. The van der Waals surface area contributed by atoms with Gasteiger partial charge in [-0.3, -0.25) is 9.98 Å². The van der Waals surface area contributed by atoms with Crippen LogP contribution in [0.25, 0.3) is 22.7 Å². The van der Waals surface area contributed by atoms with E-state index in [1.165, 1.54) is 5.56 Å². The van der Waals surface area contributed by atoms with Crippen LogP contribution in [0, 0.1) is 6.92 Å². The first kappa shape index (κ1) is 17.8. The Morgan fingerprint density at radius 2 is 1.74 bits per heavy atom. The van der Waals surface area contributed by atoms with E-state index in [4.69, 9.17) is 18.9 Å². The Hall–Kier alpha value is -4.00.